The largest absolute Gasteiger partial charge is 0.347 e. The molecule has 1 amide bonds. The molecule has 0 spiro atoms. The molecule has 4 rings (SSSR count). The maximum atomic E-state index is 12.8. The normalized spacial score (nSPS) is 17.0. The van der Waals surface area contributed by atoms with Gasteiger partial charge in [-0.05, 0) is 32.8 Å². The van der Waals surface area contributed by atoms with Gasteiger partial charge in [0.1, 0.15) is 16.5 Å². The molecule has 0 radical (unpaired) electrons. The van der Waals surface area contributed by atoms with E-state index in [9.17, 15) is 4.79 Å². The van der Waals surface area contributed by atoms with Crippen LogP contribution >= 0.6 is 11.3 Å². The third-order valence-electron chi connectivity index (χ3n) is 4.56. The lowest BCUT2D eigenvalue weighted by Gasteiger charge is -2.24. The van der Waals surface area contributed by atoms with Crippen LogP contribution in [0.2, 0.25) is 0 Å². The summed E-state index contributed by atoms with van der Waals surface area (Å²) in [5, 5.41) is 4.19. The first kappa shape index (κ1) is 15.3. The molecule has 7 heteroatoms. The van der Waals surface area contributed by atoms with Crippen molar-refractivity contribution in [1.29, 1.82) is 0 Å². The van der Waals surface area contributed by atoms with Gasteiger partial charge in [0.05, 0.1) is 4.88 Å². The van der Waals surface area contributed by atoms with Crippen molar-refractivity contribution < 1.29 is 4.79 Å². The summed E-state index contributed by atoms with van der Waals surface area (Å²) in [6, 6.07) is 0.137. The molecule has 0 aromatic carbocycles. The molecule has 1 aliphatic heterocycles. The van der Waals surface area contributed by atoms with Crippen molar-refractivity contribution in [1.82, 2.24) is 24.8 Å². The van der Waals surface area contributed by atoms with Crippen LogP contribution in [0.3, 0.4) is 0 Å². The van der Waals surface area contributed by atoms with E-state index >= 15 is 0 Å². The first-order chi connectivity index (χ1) is 11.5. The zero-order valence-electron chi connectivity index (χ0n) is 14.0. The second kappa shape index (κ2) is 5.66. The third-order valence-corrected chi connectivity index (χ3v) is 5.74. The Hall–Kier alpha value is -2.28. The van der Waals surface area contributed by atoms with Crippen molar-refractivity contribution in [3.63, 3.8) is 0 Å². The number of thiophene rings is 1. The monoisotopic (exact) mass is 341 g/mol. The standard InChI is InChI=1S/C17H19N5OS/c1-9-14-10(2)19-11(3)20-17(14)24-15(9)16(23)21-12-4-5-13-18-6-7-22(13)8-12/h6-7,12H,4-5,8H2,1-3H3,(H,21,23). The number of carbonyl (C=O) groups excluding carboxylic acids is 1. The van der Waals surface area contributed by atoms with E-state index in [2.05, 4.69) is 24.8 Å². The van der Waals surface area contributed by atoms with Crippen LogP contribution in [0.25, 0.3) is 10.2 Å². The first-order valence-electron chi connectivity index (χ1n) is 8.08. The summed E-state index contributed by atoms with van der Waals surface area (Å²) in [6.45, 7) is 6.61. The van der Waals surface area contributed by atoms with Gasteiger partial charge in [0.2, 0.25) is 0 Å². The molecule has 1 N–H and O–H groups in total. The minimum atomic E-state index is -0.0129. The zero-order chi connectivity index (χ0) is 16.8. The van der Waals surface area contributed by atoms with Gasteiger partial charge in [-0.15, -0.1) is 11.3 Å². The van der Waals surface area contributed by atoms with Crippen LogP contribution in [0.4, 0.5) is 0 Å². The maximum absolute atomic E-state index is 12.8. The summed E-state index contributed by atoms with van der Waals surface area (Å²) in [5.41, 5.74) is 1.91. The second-order valence-electron chi connectivity index (χ2n) is 6.30. The SMILES string of the molecule is Cc1nc(C)c2c(C)c(C(=O)NC3CCc4nccn4C3)sc2n1. The molecule has 1 unspecified atom stereocenters. The van der Waals surface area contributed by atoms with Gasteiger partial charge in [0, 0.05) is 42.5 Å². The predicted octanol–water partition coefficient (Wildman–Crippen LogP) is 2.56. The van der Waals surface area contributed by atoms with Crippen LogP contribution in [0.15, 0.2) is 12.4 Å². The van der Waals surface area contributed by atoms with Gasteiger partial charge in [-0.3, -0.25) is 4.79 Å². The molecular weight excluding hydrogens is 322 g/mol. The van der Waals surface area contributed by atoms with Crippen LogP contribution in [0.5, 0.6) is 0 Å². The molecule has 1 atom stereocenters. The quantitative estimate of drug-likeness (QED) is 0.777. The van der Waals surface area contributed by atoms with E-state index < -0.39 is 0 Å². The Kier molecular flexibility index (Phi) is 3.60. The Morgan fingerprint density at radius 1 is 1.33 bits per heavy atom. The molecule has 3 aromatic rings. The topological polar surface area (TPSA) is 72.7 Å². The number of aryl methyl sites for hydroxylation is 4. The molecular formula is C17H19N5OS. The molecule has 1 aliphatic rings. The van der Waals surface area contributed by atoms with Crippen molar-refractivity contribution >= 4 is 27.5 Å². The Morgan fingerprint density at radius 3 is 3.00 bits per heavy atom. The maximum Gasteiger partial charge on any atom is 0.262 e. The number of fused-ring (bicyclic) bond motifs is 2. The number of nitrogens with one attached hydrogen (secondary N) is 1. The number of hydrogen-bond acceptors (Lipinski definition) is 5. The fourth-order valence-corrected chi connectivity index (χ4v) is 4.61. The van der Waals surface area contributed by atoms with Gasteiger partial charge in [-0.1, -0.05) is 0 Å². The number of amides is 1. The van der Waals surface area contributed by atoms with Crippen molar-refractivity contribution in [2.75, 3.05) is 0 Å². The van der Waals surface area contributed by atoms with E-state index in [-0.39, 0.29) is 11.9 Å². The summed E-state index contributed by atoms with van der Waals surface area (Å²) >= 11 is 1.45. The average Bonchev–Trinajstić information content (AvgIpc) is 3.11. The minimum Gasteiger partial charge on any atom is -0.347 e. The van der Waals surface area contributed by atoms with Crippen LogP contribution in [-0.2, 0) is 13.0 Å². The van der Waals surface area contributed by atoms with E-state index in [0.29, 0.717) is 0 Å². The highest BCUT2D eigenvalue weighted by Gasteiger charge is 2.24. The van der Waals surface area contributed by atoms with E-state index in [1.807, 2.05) is 33.2 Å². The Balaban J connectivity index is 1.60. The van der Waals surface area contributed by atoms with Gasteiger partial charge in [0.15, 0.2) is 0 Å². The number of hydrogen-bond donors (Lipinski definition) is 1. The lowest BCUT2D eigenvalue weighted by atomic mass is 10.1. The minimum absolute atomic E-state index is 0.0129. The lowest BCUT2D eigenvalue weighted by Crippen LogP contribution is -2.40. The summed E-state index contributed by atoms with van der Waals surface area (Å²) in [6.07, 6.45) is 5.61. The summed E-state index contributed by atoms with van der Waals surface area (Å²) in [5.74, 6) is 1.83. The Morgan fingerprint density at radius 2 is 2.17 bits per heavy atom. The highest BCUT2D eigenvalue weighted by Crippen LogP contribution is 2.31. The predicted molar refractivity (Wildman–Crippen MR) is 93.4 cm³/mol. The first-order valence-corrected chi connectivity index (χ1v) is 8.90. The number of aromatic nitrogens is 4. The number of nitrogens with zero attached hydrogens (tertiary/aromatic N) is 4. The highest BCUT2D eigenvalue weighted by atomic mass is 32.1. The molecule has 0 bridgehead atoms. The summed E-state index contributed by atoms with van der Waals surface area (Å²) in [7, 11) is 0. The molecule has 0 saturated carbocycles. The molecule has 124 valence electrons. The molecule has 24 heavy (non-hydrogen) atoms. The third kappa shape index (κ3) is 2.49. The fourth-order valence-electron chi connectivity index (χ4n) is 3.43. The fraction of sp³-hybridized carbons (Fsp3) is 0.412. The van der Waals surface area contributed by atoms with Crippen molar-refractivity contribution in [2.45, 2.75) is 46.2 Å². The van der Waals surface area contributed by atoms with Gasteiger partial charge in [0.25, 0.3) is 5.91 Å². The van der Waals surface area contributed by atoms with E-state index in [4.69, 9.17) is 0 Å². The second-order valence-corrected chi connectivity index (χ2v) is 7.30. The molecule has 3 aromatic heterocycles. The van der Waals surface area contributed by atoms with Crippen LogP contribution in [0, 0.1) is 20.8 Å². The molecule has 0 aliphatic carbocycles. The van der Waals surface area contributed by atoms with Gasteiger partial charge < -0.3 is 9.88 Å². The van der Waals surface area contributed by atoms with Crippen molar-refractivity contribution in [3.05, 3.63) is 40.2 Å². The van der Waals surface area contributed by atoms with Crippen LogP contribution in [-0.4, -0.2) is 31.5 Å². The van der Waals surface area contributed by atoms with Crippen LogP contribution < -0.4 is 5.32 Å². The van der Waals surface area contributed by atoms with Gasteiger partial charge >= 0.3 is 0 Å². The van der Waals surface area contributed by atoms with E-state index in [1.165, 1.54) is 11.3 Å². The van der Waals surface area contributed by atoms with Crippen LogP contribution in [0.1, 0.15) is 39.0 Å². The molecule has 4 heterocycles. The molecule has 0 fully saturated rings. The van der Waals surface area contributed by atoms with E-state index in [1.54, 1.807) is 0 Å². The molecule has 0 saturated heterocycles. The van der Waals surface area contributed by atoms with Gasteiger partial charge in [-0.25, -0.2) is 15.0 Å². The highest BCUT2D eigenvalue weighted by molar-refractivity contribution is 7.20. The zero-order valence-corrected chi connectivity index (χ0v) is 14.8. The average molecular weight is 341 g/mol. The summed E-state index contributed by atoms with van der Waals surface area (Å²) < 4.78 is 2.12. The number of carbonyl (C=O) groups is 1. The van der Waals surface area contributed by atoms with Gasteiger partial charge in [-0.2, -0.15) is 0 Å². The number of rotatable bonds is 2. The van der Waals surface area contributed by atoms with Crippen molar-refractivity contribution in [2.24, 2.45) is 0 Å². The van der Waals surface area contributed by atoms with Crippen molar-refractivity contribution in [3.8, 4) is 0 Å². The molecule has 6 nitrogen and oxygen atoms in total. The Labute approximate surface area is 144 Å². The lowest BCUT2D eigenvalue weighted by molar-refractivity contribution is 0.0931. The van der Waals surface area contributed by atoms with E-state index in [0.717, 1.165) is 57.4 Å². The Bertz CT molecular complexity index is 942. The number of imidazole rings is 1. The summed E-state index contributed by atoms with van der Waals surface area (Å²) in [4.78, 5) is 27.6. The smallest absolute Gasteiger partial charge is 0.262 e.